The predicted octanol–water partition coefficient (Wildman–Crippen LogP) is -4.53. The van der Waals surface area contributed by atoms with Crippen molar-refractivity contribution in [3.05, 3.63) is 0 Å². The Bertz CT molecular complexity index is 1340. The van der Waals surface area contributed by atoms with E-state index in [0.717, 1.165) is 0 Å². The van der Waals surface area contributed by atoms with Crippen LogP contribution < -0.4 is 0 Å². The molecule has 27 heteroatoms. The van der Waals surface area contributed by atoms with Crippen LogP contribution in [0.3, 0.4) is 0 Å². The minimum Gasteiger partial charge on any atom is -0.480 e. The summed E-state index contributed by atoms with van der Waals surface area (Å²) in [6.07, 6.45) is -18.7. The van der Waals surface area contributed by atoms with Gasteiger partial charge in [0.1, 0.15) is 102 Å². The molecule has 0 aromatic rings. The Balaban J connectivity index is 2.77. The van der Waals surface area contributed by atoms with Crippen molar-refractivity contribution in [1.82, 2.24) is 0 Å². The lowest BCUT2D eigenvalue weighted by Crippen LogP contribution is -2.67. The summed E-state index contributed by atoms with van der Waals surface area (Å²) >= 11 is 0. The van der Waals surface area contributed by atoms with E-state index in [1.54, 1.807) is 0 Å². The molecular weight excluding hydrogens is 768 g/mol. The Kier molecular flexibility index (Phi) is 19.7. The average molecular weight is 807 g/mol. The van der Waals surface area contributed by atoms with Crippen LogP contribution in [0.25, 0.3) is 0 Å². The molecule has 2 fully saturated rings. The van der Waals surface area contributed by atoms with E-state index in [0.29, 0.717) is 0 Å². The number of hydrogen-bond acceptors (Lipinski definition) is 19. The summed E-state index contributed by atoms with van der Waals surface area (Å²) in [6.45, 7) is -10.5. The molecule has 2 heterocycles. The van der Waals surface area contributed by atoms with Crippen LogP contribution in [-0.2, 0) is 90.5 Å². The molecule has 0 saturated carbocycles. The molecule has 0 radical (unpaired) electrons. The van der Waals surface area contributed by atoms with Gasteiger partial charge in [-0.05, 0) is 0 Å². The van der Waals surface area contributed by atoms with Gasteiger partial charge in [0.05, 0.1) is 13.2 Å². The number of rotatable bonds is 28. The Hall–Kier alpha value is -4.68. The van der Waals surface area contributed by atoms with Gasteiger partial charge in [-0.1, -0.05) is 0 Å². The highest BCUT2D eigenvalue weighted by Crippen LogP contribution is 2.35. The standard InChI is InChI=1S/C28H38O27/c29-13(30)3-45-1-11-21(47-5-15(33)34)23(48-6-16(35)36)26(51-9-19(41)42)28(54-11)55-22-12(2-46-4-14(31)32)53-27(52-10-20(43)44)25(50-8-18(39)40)24(22)49-7-17(37)38/h11-12,21-28H,1-10H2,(H,29,30)(H,31,32)(H,33,34)(H,35,36)(H,37,38)(H,39,40)(H,41,42)(H,43,44). The van der Waals surface area contributed by atoms with Crippen LogP contribution in [0.2, 0.25) is 0 Å². The molecular formula is C28H38O27. The van der Waals surface area contributed by atoms with Crippen LogP contribution in [0.15, 0.2) is 0 Å². The second-order valence-corrected chi connectivity index (χ2v) is 11.1. The SMILES string of the molecule is O=C(O)COCC1OC(OC2C(COCC(=O)O)OC(OCC(=O)O)C(OCC(=O)O)C2OCC(=O)O)C(OCC(=O)O)C(OCC(=O)O)C1OCC(=O)O. The van der Waals surface area contributed by atoms with Crippen LogP contribution in [0, 0.1) is 0 Å². The van der Waals surface area contributed by atoms with Gasteiger partial charge >= 0.3 is 47.8 Å². The van der Waals surface area contributed by atoms with Crippen LogP contribution in [-0.4, -0.2) is 216 Å². The number of ether oxygens (including phenoxy) is 11. The second kappa shape index (κ2) is 23.3. The molecule has 0 aromatic heterocycles. The highest BCUT2D eigenvalue weighted by atomic mass is 16.8. The number of carboxylic acids is 8. The molecule has 10 atom stereocenters. The van der Waals surface area contributed by atoms with Crippen LogP contribution in [0.4, 0.5) is 0 Å². The molecule has 0 amide bonds. The van der Waals surface area contributed by atoms with Gasteiger partial charge in [-0.15, -0.1) is 0 Å². The van der Waals surface area contributed by atoms with Crippen molar-refractivity contribution in [1.29, 1.82) is 0 Å². The molecule has 0 bridgehead atoms. The zero-order valence-electron chi connectivity index (χ0n) is 28.2. The topological polar surface area (TPSA) is 400 Å². The van der Waals surface area contributed by atoms with E-state index in [1.807, 2.05) is 0 Å². The van der Waals surface area contributed by atoms with E-state index >= 15 is 0 Å². The summed E-state index contributed by atoms with van der Waals surface area (Å²) < 4.78 is 60.2. The maximum Gasteiger partial charge on any atom is 0.329 e. The molecule has 2 aliphatic heterocycles. The Morgan fingerprint density at radius 2 is 0.636 bits per heavy atom. The van der Waals surface area contributed by atoms with Crippen molar-refractivity contribution in [3.8, 4) is 0 Å². The zero-order valence-corrected chi connectivity index (χ0v) is 28.2. The molecule has 27 nitrogen and oxygen atoms in total. The zero-order chi connectivity index (χ0) is 41.2. The summed E-state index contributed by atoms with van der Waals surface area (Å²) in [4.78, 5) is 91.5. The van der Waals surface area contributed by atoms with Crippen LogP contribution in [0.5, 0.6) is 0 Å². The first-order chi connectivity index (χ1) is 25.9. The monoisotopic (exact) mass is 806 g/mol. The van der Waals surface area contributed by atoms with Crippen molar-refractivity contribution in [3.63, 3.8) is 0 Å². The second-order valence-electron chi connectivity index (χ2n) is 11.1. The molecule has 10 unspecified atom stereocenters. The first-order valence-electron chi connectivity index (χ1n) is 15.4. The van der Waals surface area contributed by atoms with Crippen molar-refractivity contribution < 1.29 is 131 Å². The Labute approximate surface area is 306 Å². The molecule has 2 aliphatic rings. The van der Waals surface area contributed by atoms with Crippen molar-refractivity contribution in [2.24, 2.45) is 0 Å². The third-order valence-electron chi connectivity index (χ3n) is 6.86. The largest absolute Gasteiger partial charge is 0.480 e. The molecule has 312 valence electrons. The highest BCUT2D eigenvalue weighted by molar-refractivity contribution is 5.70. The fourth-order valence-electron chi connectivity index (χ4n) is 5.04. The Morgan fingerprint density at radius 1 is 0.345 bits per heavy atom. The minimum absolute atomic E-state index is 0.782. The lowest BCUT2D eigenvalue weighted by molar-refractivity contribution is -0.372. The van der Waals surface area contributed by atoms with Gasteiger partial charge in [-0.3, -0.25) is 0 Å². The first kappa shape index (κ1) is 46.5. The fraction of sp³-hybridized carbons (Fsp3) is 0.714. The predicted molar refractivity (Wildman–Crippen MR) is 160 cm³/mol. The van der Waals surface area contributed by atoms with Gasteiger partial charge in [-0.25, -0.2) is 38.4 Å². The summed E-state index contributed by atoms with van der Waals surface area (Å²) in [5.74, 6) is -12.6. The maximum absolute atomic E-state index is 11.6. The molecule has 0 aromatic carbocycles. The van der Waals surface area contributed by atoms with Gasteiger partial charge in [0.25, 0.3) is 0 Å². The van der Waals surface area contributed by atoms with E-state index in [9.17, 15) is 69.0 Å². The number of carboxylic acid groups (broad SMARTS) is 8. The Morgan fingerprint density at radius 3 is 1.04 bits per heavy atom. The van der Waals surface area contributed by atoms with Gasteiger partial charge in [-0.2, -0.15) is 0 Å². The molecule has 2 saturated heterocycles. The molecule has 0 spiro atoms. The first-order valence-corrected chi connectivity index (χ1v) is 15.4. The molecule has 0 aliphatic carbocycles. The third-order valence-corrected chi connectivity index (χ3v) is 6.86. The summed E-state index contributed by atoms with van der Waals surface area (Å²) in [5, 5.41) is 74.3. The van der Waals surface area contributed by atoms with Crippen molar-refractivity contribution in [2.45, 2.75) is 61.4 Å². The van der Waals surface area contributed by atoms with Crippen LogP contribution in [0.1, 0.15) is 0 Å². The number of hydrogen-bond donors (Lipinski definition) is 8. The third kappa shape index (κ3) is 16.7. The molecule has 2 rings (SSSR count). The lowest BCUT2D eigenvalue weighted by Gasteiger charge is -2.49. The van der Waals surface area contributed by atoms with E-state index in [-0.39, 0.29) is 0 Å². The maximum atomic E-state index is 11.6. The van der Waals surface area contributed by atoms with E-state index in [1.165, 1.54) is 0 Å². The average Bonchev–Trinajstić information content (AvgIpc) is 3.07. The highest BCUT2D eigenvalue weighted by Gasteiger charge is 2.55. The van der Waals surface area contributed by atoms with Gasteiger partial charge in [0, 0.05) is 0 Å². The number of carbonyl (C=O) groups is 8. The van der Waals surface area contributed by atoms with Gasteiger partial charge in [0.2, 0.25) is 0 Å². The number of aliphatic carboxylic acids is 8. The summed E-state index contributed by atoms with van der Waals surface area (Å²) in [5.41, 5.74) is 0. The summed E-state index contributed by atoms with van der Waals surface area (Å²) in [7, 11) is 0. The van der Waals surface area contributed by atoms with E-state index < -0.39 is 175 Å². The minimum atomic E-state index is -2.09. The van der Waals surface area contributed by atoms with Crippen molar-refractivity contribution in [2.75, 3.05) is 66.1 Å². The van der Waals surface area contributed by atoms with Gasteiger partial charge < -0.3 is 93.0 Å². The molecule has 55 heavy (non-hydrogen) atoms. The van der Waals surface area contributed by atoms with Crippen molar-refractivity contribution >= 4 is 47.8 Å². The van der Waals surface area contributed by atoms with Crippen LogP contribution >= 0.6 is 0 Å². The summed E-state index contributed by atoms with van der Waals surface area (Å²) in [6, 6.07) is 0. The quantitative estimate of drug-likeness (QED) is 0.0369. The molecule has 8 N–H and O–H groups in total. The van der Waals surface area contributed by atoms with Gasteiger partial charge in [0.15, 0.2) is 12.6 Å². The fourth-order valence-corrected chi connectivity index (χ4v) is 5.04. The normalized spacial score (nSPS) is 27.9. The smallest absolute Gasteiger partial charge is 0.329 e. The lowest BCUT2D eigenvalue weighted by atomic mass is 9.96. The van der Waals surface area contributed by atoms with E-state index in [4.69, 9.17) is 62.3 Å². The van der Waals surface area contributed by atoms with E-state index in [2.05, 4.69) is 0 Å².